The van der Waals surface area contributed by atoms with Crippen LogP contribution in [0.5, 0.6) is 5.75 Å². The number of aromatic nitrogens is 1. The number of nitrogens with one attached hydrogen (secondary N) is 1. The molecule has 1 aromatic carbocycles. The molecule has 1 amide bonds. The lowest BCUT2D eigenvalue weighted by Crippen LogP contribution is -2.30. The van der Waals surface area contributed by atoms with Crippen LogP contribution in [0.2, 0.25) is 0 Å². The second-order valence-corrected chi connectivity index (χ2v) is 6.40. The summed E-state index contributed by atoms with van der Waals surface area (Å²) in [5.74, 6) is -0.145. The average molecular weight is 360 g/mol. The second-order valence-electron chi connectivity index (χ2n) is 6.40. The molecule has 1 heterocycles. The van der Waals surface area contributed by atoms with Crippen molar-refractivity contribution < 1.29 is 23.6 Å². The fourth-order valence-electron chi connectivity index (χ4n) is 2.46. The van der Waals surface area contributed by atoms with Crippen LogP contribution < -0.4 is 10.1 Å². The van der Waals surface area contributed by atoms with Crippen LogP contribution in [0.1, 0.15) is 54.1 Å². The van der Waals surface area contributed by atoms with Gasteiger partial charge in [-0.05, 0) is 38.5 Å². The number of esters is 1. The number of aryl methyl sites for hydroxylation is 2. The Kier molecular flexibility index (Phi) is 6.02. The highest BCUT2D eigenvalue weighted by molar-refractivity contribution is 5.98. The molecule has 2 aromatic rings. The van der Waals surface area contributed by atoms with Crippen LogP contribution in [0.3, 0.4) is 0 Å². The average Bonchev–Trinajstić information content (AvgIpc) is 2.97. The molecule has 1 aromatic heterocycles. The Hall–Kier alpha value is -2.83. The van der Waals surface area contributed by atoms with E-state index in [2.05, 4.69) is 10.5 Å². The number of nitrogens with zero attached hydrogens (tertiary/aromatic N) is 1. The maximum atomic E-state index is 12.5. The fraction of sp³-hybridized carbons (Fsp3) is 0.421. The number of methoxy groups -OCH3 is 1. The van der Waals surface area contributed by atoms with Gasteiger partial charge in [-0.2, -0.15) is 0 Å². The lowest BCUT2D eigenvalue weighted by molar-refractivity contribution is -0.123. The summed E-state index contributed by atoms with van der Waals surface area (Å²) in [7, 11) is 1.52. The maximum absolute atomic E-state index is 12.5. The van der Waals surface area contributed by atoms with E-state index in [9.17, 15) is 9.59 Å². The van der Waals surface area contributed by atoms with Gasteiger partial charge in [-0.15, -0.1) is 0 Å². The first-order valence-corrected chi connectivity index (χ1v) is 8.37. The van der Waals surface area contributed by atoms with Crippen molar-refractivity contribution in [1.82, 2.24) is 5.16 Å². The molecule has 0 unspecified atom stereocenters. The summed E-state index contributed by atoms with van der Waals surface area (Å²) >= 11 is 0. The molecule has 26 heavy (non-hydrogen) atoms. The molecular formula is C19H24N2O5. The van der Waals surface area contributed by atoms with Crippen molar-refractivity contribution in [3.05, 3.63) is 40.8 Å². The molecule has 0 bridgehead atoms. The van der Waals surface area contributed by atoms with E-state index in [1.165, 1.54) is 14.0 Å². The van der Waals surface area contributed by atoms with Gasteiger partial charge >= 0.3 is 5.97 Å². The minimum Gasteiger partial charge on any atom is -0.495 e. The van der Waals surface area contributed by atoms with Crippen molar-refractivity contribution >= 4 is 17.6 Å². The summed E-state index contributed by atoms with van der Waals surface area (Å²) in [6.45, 7) is 8.84. The summed E-state index contributed by atoms with van der Waals surface area (Å²) in [6.07, 6.45) is -0.998. The van der Waals surface area contributed by atoms with Gasteiger partial charge in [0.15, 0.2) is 11.9 Å². The number of ether oxygens (including phenoxy) is 2. The summed E-state index contributed by atoms with van der Waals surface area (Å²) in [5.41, 5.74) is 2.19. The van der Waals surface area contributed by atoms with Crippen LogP contribution in [0, 0.1) is 13.8 Å². The minimum atomic E-state index is -0.998. The van der Waals surface area contributed by atoms with Crippen LogP contribution in [-0.4, -0.2) is 30.2 Å². The maximum Gasteiger partial charge on any atom is 0.344 e. The minimum absolute atomic E-state index is 0.0283. The van der Waals surface area contributed by atoms with Crippen molar-refractivity contribution in [1.29, 1.82) is 0 Å². The number of hydrogen-bond donors (Lipinski definition) is 1. The summed E-state index contributed by atoms with van der Waals surface area (Å²) < 4.78 is 15.7. The van der Waals surface area contributed by atoms with E-state index in [1.807, 2.05) is 26.8 Å². The number of benzene rings is 1. The summed E-state index contributed by atoms with van der Waals surface area (Å²) in [6, 6.07) is 5.42. The molecule has 7 heteroatoms. The molecule has 1 N–H and O–H groups in total. The van der Waals surface area contributed by atoms with Crippen molar-refractivity contribution in [2.45, 2.75) is 46.6 Å². The molecule has 7 nitrogen and oxygen atoms in total. The number of carbonyl (C=O) groups excluding carboxylic acids is 2. The Bertz CT molecular complexity index is 810. The van der Waals surface area contributed by atoms with E-state index >= 15 is 0 Å². The highest BCUT2D eigenvalue weighted by atomic mass is 16.5. The molecule has 0 spiro atoms. The van der Waals surface area contributed by atoms with Crippen molar-refractivity contribution in [2.75, 3.05) is 12.4 Å². The number of rotatable bonds is 6. The van der Waals surface area contributed by atoms with Crippen LogP contribution in [0.15, 0.2) is 22.7 Å². The molecule has 0 radical (unpaired) electrons. The lowest BCUT2D eigenvalue weighted by Gasteiger charge is -2.16. The standard InChI is InChI=1S/C19H24N2O5/c1-10(2)17-16(12(4)21-26-17)19(23)25-13(5)18(22)20-14-9-11(3)7-8-15(14)24-6/h7-10,13H,1-6H3,(H,20,22)/t13-/m0/s1. The second kappa shape index (κ2) is 8.03. The number of anilines is 1. The van der Waals surface area contributed by atoms with E-state index in [4.69, 9.17) is 14.0 Å². The van der Waals surface area contributed by atoms with E-state index < -0.39 is 18.0 Å². The number of amides is 1. The summed E-state index contributed by atoms with van der Waals surface area (Å²) in [4.78, 5) is 24.9. The van der Waals surface area contributed by atoms with Crippen molar-refractivity contribution in [3.8, 4) is 5.75 Å². The molecule has 0 aliphatic rings. The third-order valence-electron chi connectivity index (χ3n) is 3.88. The Labute approximate surface area is 152 Å². The predicted molar refractivity (Wildman–Crippen MR) is 96.6 cm³/mol. The predicted octanol–water partition coefficient (Wildman–Crippen LogP) is 3.61. The lowest BCUT2D eigenvalue weighted by atomic mass is 10.1. The third kappa shape index (κ3) is 4.22. The first-order chi connectivity index (χ1) is 12.2. The van der Waals surface area contributed by atoms with E-state index in [1.54, 1.807) is 19.1 Å². The zero-order valence-corrected chi connectivity index (χ0v) is 15.9. The van der Waals surface area contributed by atoms with Gasteiger partial charge in [0.25, 0.3) is 5.91 Å². The molecule has 0 aliphatic heterocycles. The zero-order chi connectivity index (χ0) is 19.4. The summed E-state index contributed by atoms with van der Waals surface area (Å²) in [5, 5.41) is 6.54. The van der Waals surface area contributed by atoms with E-state index in [0.29, 0.717) is 22.9 Å². The fourth-order valence-corrected chi connectivity index (χ4v) is 2.46. The smallest absolute Gasteiger partial charge is 0.344 e. The molecule has 0 fully saturated rings. The molecular weight excluding hydrogens is 336 g/mol. The molecule has 0 saturated carbocycles. The Balaban J connectivity index is 2.11. The van der Waals surface area contributed by atoms with Crippen molar-refractivity contribution in [3.63, 3.8) is 0 Å². The van der Waals surface area contributed by atoms with Gasteiger partial charge in [-0.25, -0.2) is 4.79 Å². The van der Waals surface area contributed by atoms with Gasteiger partial charge in [0.1, 0.15) is 11.3 Å². The number of carbonyl (C=O) groups is 2. The number of hydrogen-bond acceptors (Lipinski definition) is 6. The first-order valence-electron chi connectivity index (χ1n) is 8.37. The normalized spacial score (nSPS) is 12.0. The largest absolute Gasteiger partial charge is 0.495 e. The van der Waals surface area contributed by atoms with Crippen LogP contribution in [-0.2, 0) is 9.53 Å². The van der Waals surface area contributed by atoms with Crippen LogP contribution in [0.4, 0.5) is 5.69 Å². The zero-order valence-electron chi connectivity index (χ0n) is 15.9. The third-order valence-corrected chi connectivity index (χ3v) is 3.88. The highest BCUT2D eigenvalue weighted by Crippen LogP contribution is 2.26. The monoisotopic (exact) mass is 360 g/mol. The van der Waals surface area contributed by atoms with Crippen molar-refractivity contribution in [2.24, 2.45) is 0 Å². The Morgan fingerprint density at radius 1 is 1.19 bits per heavy atom. The molecule has 1 atom stereocenters. The van der Waals surface area contributed by atoms with Crippen LogP contribution >= 0.6 is 0 Å². The van der Waals surface area contributed by atoms with Gasteiger partial charge in [-0.3, -0.25) is 4.79 Å². The highest BCUT2D eigenvalue weighted by Gasteiger charge is 2.27. The van der Waals surface area contributed by atoms with Gasteiger partial charge < -0.3 is 19.3 Å². The van der Waals surface area contributed by atoms with Gasteiger partial charge in [0.2, 0.25) is 0 Å². The first kappa shape index (κ1) is 19.5. The quantitative estimate of drug-likeness (QED) is 0.792. The Morgan fingerprint density at radius 2 is 1.88 bits per heavy atom. The van der Waals surface area contributed by atoms with Gasteiger partial charge in [0, 0.05) is 5.92 Å². The SMILES string of the molecule is COc1ccc(C)cc1NC(=O)[C@H](C)OC(=O)c1c(C)noc1C(C)C. The molecule has 2 rings (SSSR count). The van der Waals surface area contributed by atoms with Gasteiger partial charge in [-0.1, -0.05) is 25.1 Å². The molecule has 0 aliphatic carbocycles. The van der Waals surface area contributed by atoms with Gasteiger partial charge in [0.05, 0.1) is 18.5 Å². The Morgan fingerprint density at radius 3 is 2.50 bits per heavy atom. The molecule has 0 saturated heterocycles. The molecule has 140 valence electrons. The van der Waals surface area contributed by atoms with Crippen LogP contribution in [0.25, 0.3) is 0 Å². The van der Waals surface area contributed by atoms with E-state index in [-0.39, 0.29) is 11.5 Å². The topological polar surface area (TPSA) is 90.7 Å². The van der Waals surface area contributed by atoms with E-state index in [0.717, 1.165) is 5.56 Å².